The molecule has 1 saturated heterocycles. The molecule has 1 heterocycles. The highest BCUT2D eigenvalue weighted by atomic mass is 19.1. The Morgan fingerprint density at radius 1 is 1.20 bits per heavy atom. The minimum absolute atomic E-state index is 0.190. The lowest BCUT2D eigenvalue weighted by Crippen LogP contribution is -2.49. The standard InChI is InChI=1S/C18H24FN3O3/c19-16-13-15(22(24)25)6-7-17(16)20-9-11-21(12-10-20)18(23)8-5-14-3-1-2-4-14/h6-7,13-14H,1-5,8-12H2. The van der Waals surface area contributed by atoms with Crippen molar-refractivity contribution >= 4 is 17.3 Å². The second-order valence-electron chi connectivity index (χ2n) is 6.95. The zero-order chi connectivity index (χ0) is 17.8. The van der Waals surface area contributed by atoms with Crippen LogP contribution in [-0.2, 0) is 4.79 Å². The number of halogens is 1. The first-order chi connectivity index (χ1) is 12.0. The Kier molecular flexibility index (Phi) is 5.50. The molecule has 2 aliphatic rings. The number of non-ortho nitro benzene ring substituents is 1. The van der Waals surface area contributed by atoms with Gasteiger partial charge in [-0.1, -0.05) is 25.7 Å². The number of nitro benzene ring substituents is 1. The molecule has 0 spiro atoms. The number of piperazine rings is 1. The molecule has 0 aromatic heterocycles. The lowest BCUT2D eigenvalue weighted by atomic mass is 10.0. The summed E-state index contributed by atoms with van der Waals surface area (Å²) < 4.78 is 14.1. The lowest BCUT2D eigenvalue weighted by Gasteiger charge is -2.36. The van der Waals surface area contributed by atoms with Crippen molar-refractivity contribution in [1.82, 2.24) is 4.90 Å². The Balaban J connectivity index is 1.51. The van der Waals surface area contributed by atoms with Crippen LogP contribution in [0.1, 0.15) is 38.5 Å². The highest BCUT2D eigenvalue weighted by molar-refractivity contribution is 5.76. The number of hydrogen-bond donors (Lipinski definition) is 0. The third-order valence-corrected chi connectivity index (χ3v) is 5.36. The second kappa shape index (κ2) is 7.80. The molecule has 0 atom stereocenters. The van der Waals surface area contributed by atoms with E-state index < -0.39 is 10.7 Å². The number of carbonyl (C=O) groups is 1. The fraction of sp³-hybridized carbons (Fsp3) is 0.611. The zero-order valence-corrected chi connectivity index (χ0v) is 14.3. The van der Waals surface area contributed by atoms with E-state index in [-0.39, 0.29) is 11.6 Å². The van der Waals surface area contributed by atoms with Crippen LogP contribution in [0.15, 0.2) is 18.2 Å². The van der Waals surface area contributed by atoms with Crippen LogP contribution in [0, 0.1) is 21.8 Å². The molecule has 1 aromatic carbocycles. The minimum Gasteiger partial charge on any atom is -0.366 e. The van der Waals surface area contributed by atoms with E-state index in [9.17, 15) is 19.3 Å². The summed E-state index contributed by atoms with van der Waals surface area (Å²) in [6.45, 7) is 2.23. The number of benzene rings is 1. The van der Waals surface area contributed by atoms with Crippen molar-refractivity contribution in [2.24, 2.45) is 5.92 Å². The van der Waals surface area contributed by atoms with E-state index in [1.54, 1.807) is 0 Å². The SMILES string of the molecule is O=C(CCC1CCCC1)N1CCN(c2ccc([N+](=O)[O-])cc2F)CC1. The number of rotatable bonds is 5. The number of nitrogens with zero attached hydrogens (tertiary/aromatic N) is 3. The van der Waals surface area contributed by atoms with E-state index >= 15 is 0 Å². The molecule has 2 fully saturated rings. The zero-order valence-electron chi connectivity index (χ0n) is 14.3. The van der Waals surface area contributed by atoms with Gasteiger partial charge in [0.1, 0.15) is 0 Å². The van der Waals surface area contributed by atoms with Crippen molar-refractivity contribution in [3.05, 3.63) is 34.1 Å². The van der Waals surface area contributed by atoms with E-state index in [1.807, 2.05) is 9.80 Å². The van der Waals surface area contributed by atoms with Gasteiger partial charge in [0.05, 0.1) is 16.7 Å². The normalized spacial score (nSPS) is 18.6. The molecule has 136 valence electrons. The summed E-state index contributed by atoms with van der Waals surface area (Å²) in [6, 6.07) is 3.72. The van der Waals surface area contributed by atoms with Crippen LogP contribution in [0.2, 0.25) is 0 Å². The van der Waals surface area contributed by atoms with Gasteiger partial charge < -0.3 is 9.80 Å². The average molecular weight is 349 g/mol. The summed E-state index contributed by atoms with van der Waals surface area (Å²) in [5.41, 5.74) is 0.116. The van der Waals surface area contributed by atoms with E-state index in [0.29, 0.717) is 44.2 Å². The van der Waals surface area contributed by atoms with Crippen LogP contribution in [0.3, 0.4) is 0 Å². The van der Waals surface area contributed by atoms with Crippen molar-refractivity contribution in [1.29, 1.82) is 0 Å². The number of anilines is 1. The van der Waals surface area contributed by atoms with Crippen molar-refractivity contribution in [2.45, 2.75) is 38.5 Å². The topological polar surface area (TPSA) is 66.7 Å². The Bertz CT molecular complexity index is 638. The quantitative estimate of drug-likeness (QED) is 0.604. The van der Waals surface area contributed by atoms with Crippen LogP contribution < -0.4 is 4.90 Å². The Morgan fingerprint density at radius 3 is 2.48 bits per heavy atom. The molecule has 1 aliphatic carbocycles. The summed E-state index contributed by atoms with van der Waals surface area (Å²) in [6.07, 6.45) is 6.67. The smallest absolute Gasteiger partial charge is 0.272 e. The van der Waals surface area contributed by atoms with Crippen molar-refractivity contribution < 1.29 is 14.1 Å². The van der Waals surface area contributed by atoms with Gasteiger partial charge in [0.15, 0.2) is 5.82 Å². The largest absolute Gasteiger partial charge is 0.366 e. The maximum absolute atomic E-state index is 14.1. The molecule has 0 bridgehead atoms. The van der Waals surface area contributed by atoms with Crippen molar-refractivity contribution in [3.63, 3.8) is 0 Å². The summed E-state index contributed by atoms with van der Waals surface area (Å²) in [4.78, 5) is 26.1. The third-order valence-electron chi connectivity index (χ3n) is 5.36. The van der Waals surface area contributed by atoms with Crippen molar-refractivity contribution in [3.8, 4) is 0 Å². The first kappa shape index (κ1) is 17.6. The van der Waals surface area contributed by atoms with Gasteiger partial charge in [-0.2, -0.15) is 0 Å². The highest BCUT2D eigenvalue weighted by Crippen LogP contribution is 2.29. The molecule has 25 heavy (non-hydrogen) atoms. The fourth-order valence-corrected chi connectivity index (χ4v) is 3.85. The van der Waals surface area contributed by atoms with E-state index in [2.05, 4.69) is 0 Å². The molecule has 3 rings (SSSR count). The summed E-state index contributed by atoms with van der Waals surface area (Å²) in [7, 11) is 0. The summed E-state index contributed by atoms with van der Waals surface area (Å²) >= 11 is 0. The van der Waals surface area contributed by atoms with Crippen LogP contribution in [-0.4, -0.2) is 41.9 Å². The molecular weight excluding hydrogens is 325 g/mol. The molecule has 1 aromatic rings. The first-order valence-electron chi connectivity index (χ1n) is 9.01. The number of amides is 1. The summed E-state index contributed by atoms with van der Waals surface area (Å²) in [5, 5.41) is 10.7. The average Bonchev–Trinajstić information content (AvgIpc) is 3.13. The monoisotopic (exact) mass is 349 g/mol. The Labute approximate surface area is 146 Å². The van der Waals surface area contributed by atoms with E-state index in [1.165, 1.54) is 37.8 Å². The van der Waals surface area contributed by atoms with Crippen LogP contribution in [0.5, 0.6) is 0 Å². The highest BCUT2D eigenvalue weighted by Gasteiger charge is 2.24. The van der Waals surface area contributed by atoms with Gasteiger partial charge in [0.25, 0.3) is 5.69 Å². The van der Waals surface area contributed by atoms with Crippen LogP contribution >= 0.6 is 0 Å². The molecule has 0 N–H and O–H groups in total. The molecule has 0 radical (unpaired) electrons. The third kappa shape index (κ3) is 4.27. The van der Waals surface area contributed by atoms with Gasteiger partial charge in [-0.05, 0) is 18.4 Å². The van der Waals surface area contributed by atoms with Gasteiger partial charge >= 0.3 is 0 Å². The molecule has 1 aliphatic heterocycles. The van der Waals surface area contributed by atoms with Crippen LogP contribution in [0.25, 0.3) is 0 Å². The Hall–Kier alpha value is -2.18. The maximum atomic E-state index is 14.1. The van der Waals surface area contributed by atoms with Gasteiger partial charge in [-0.15, -0.1) is 0 Å². The van der Waals surface area contributed by atoms with Gasteiger partial charge in [-0.3, -0.25) is 14.9 Å². The predicted molar refractivity (Wildman–Crippen MR) is 93.0 cm³/mol. The molecule has 6 nitrogen and oxygen atoms in total. The number of hydrogen-bond acceptors (Lipinski definition) is 4. The molecule has 1 amide bonds. The molecule has 7 heteroatoms. The number of carbonyl (C=O) groups excluding carboxylic acids is 1. The van der Waals surface area contributed by atoms with E-state index in [0.717, 1.165) is 12.5 Å². The fourth-order valence-electron chi connectivity index (χ4n) is 3.85. The maximum Gasteiger partial charge on any atom is 0.272 e. The Morgan fingerprint density at radius 2 is 1.88 bits per heavy atom. The van der Waals surface area contributed by atoms with Gasteiger partial charge in [0, 0.05) is 38.7 Å². The van der Waals surface area contributed by atoms with Gasteiger partial charge in [0.2, 0.25) is 5.91 Å². The summed E-state index contributed by atoms with van der Waals surface area (Å²) in [5.74, 6) is 0.311. The first-order valence-corrected chi connectivity index (χ1v) is 9.01. The van der Waals surface area contributed by atoms with Gasteiger partial charge in [-0.25, -0.2) is 4.39 Å². The predicted octanol–water partition coefficient (Wildman–Crippen LogP) is 3.35. The number of nitro groups is 1. The van der Waals surface area contributed by atoms with Crippen LogP contribution in [0.4, 0.5) is 15.8 Å². The van der Waals surface area contributed by atoms with E-state index in [4.69, 9.17) is 0 Å². The second-order valence-corrected chi connectivity index (χ2v) is 6.95. The molecular formula is C18H24FN3O3. The van der Waals surface area contributed by atoms with Crippen molar-refractivity contribution in [2.75, 3.05) is 31.1 Å². The molecule has 1 saturated carbocycles. The minimum atomic E-state index is -0.603. The molecule has 0 unspecified atom stereocenters. The lowest BCUT2D eigenvalue weighted by molar-refractivity contribution is -0.385.